The van der Waals surface area contributed by atoms with E-state index in [0.29, 0.717) is 25.7 Å². The van der Waals surface area contributed by atoms with Crippen molar-refractivity contribution < 1.29 is 17.4 Å². The standard InChI is InChI=1S/C14H13F3N2OS/c15-14(16,17)21(20,13-9-5-4-6-10-13)19-12-8-3-1-2-7-11-18/h4-6,9-10H,1-3,7H2. The van der Waals surface area contributed by atoms with Crippen LogP contribution in [-0.2, 0) is 9.73 Å². The molecule has 0 radical (unpaired) electrons. The van der Waals surface area contributed by atoms with Crippen LogP contribution in [0.15, 0.2) is 39.6 Å². The Kier molecular flexibility index (Phi) is 6.26. The molecular weight excluding hydrogens is 301 g/mol. The third-order valence-corrected chi connectivity index (χ3v) is 4.36. The Bertz CT molecular complexity index is 672. The number of nitriles is 1. The number of hydrogen-bond donors (Lipinski definition) is 0. The van der Waals surface area contributed by atoms with Gasteiger partial charge in [-0.2, -0.15) is 18.4 Å². The highest BCUT2D eigenvalue weighted by molar-refractivity contribution is 7.94. The molecule has 3 nitrogen and oxygen atoms in total. The van der Waals surface area contributed by atoms with Crippen LogP contribution in [0.25, 0.3) is 0 Å². The monoisotopic (exact) mass is 314 g/mol. The molecule has 0 heterocycles. The van der Waals surface area contributed by atoms with Gasteiger partial charge in [0.05, 0.1) is 11.0 Å². The maximum Gasteiger partial charge on any atom is 0.484 e. The minimum Gasteiger partial charge on any atom is -0.235 e. The van der Waals surface area contributed by atoms with Crippen LogP contribution >= 0.6 is 0 Å². The number of unbranched alkanes of at least 4 members (excludes halogenated alkanes) is 3. The number of halogens is 3. The fourth-order valence-corrected chi connectivity index (χ4v) is 2.61. The van der Waals surface area contributed by atoms with E-state index in [1.54, 1.807) is 0 Å². The second-order valence-corrected chi connectivity index (χ2v) is 6.20. The molecular formula is C14H13F3N2OS. The molecule has 0 saturated heterocycles. The van der Waals surface area contributed by atoms with Gasteiger partial charge in [-0.05, 0) is 25.0 Å². The van der Waals surface area contributed by atoms with Crippen LogP contribution in [0.2, 0.25) is 0 Å². The van der Waals surface area contributed by atoms with Crippen molar-refractivity contribution in [3.05, 3.63) is 30.3 Å². The molecule has 7 heteroatoms. The third-order valence-electron chi connectivity index (χ3n) is 2.47. The van der Waals surface area contributed by atoms with Gasteiger partial charge in [0, 0.05) is 18.9 Å². The molecule has 0 N–H and O–H groups in total. The van der Waals surface area contributed by atoms with Crippen LogP contribution in [-0.4, -0.2) is 9.72 Å². The number of benzene rings is 1. The molecule has 0 amide bonds. The largest absolute Gasteiger partial charge is 0.484 e. The van der Waals surface area contributed by atoms with Crippen molar-refractivity contribution in [2.45, 2.75) is 36.1 Å². The molecule has 0 bridgehead atoms. The quantitative estimate of drug-likeness (QED) is 0.621. The van der Waals surface area contributed by atoms with Gasteiger partial charge in [0.15, 0.2) is 9.73 Å². The molecule has 0 aliphatic carbocycles. The topological polar surface area (TPSA) is 53.2 Å². The zero-order valence-corrected chi connectivity index (χ0v) is 11.9. The Morgan fingerprint density at radius 2 is 1.76 bits per heavy atom. The summed E-state index contributed by atoms with van der Waals surface area (Å²) in [5.74, 6) is 2.44. The second kappa shape index (κ2) is 7.70. The fourth-order valence-electron chi connectivity index (χ4n) is 1.41. The molecule has 21 heavy (non-hydrogen) atoms. The Labute approximate surface area is 122 Å². The molecule has 0 aliphatic rings. The normalized spacial score (nSPS) is 13.4. The number of rotatable bonds is 4. The highest BCUT2D eigenvalue weighted by Gasteiger charge is 2.44. The predicted molar refractivity (Wildman–Crippen MR) is 73.2 cm³/mol. The summed E-state index contributed by atoms with van der Waals surface area (Å²) in [6, 6.07) is 10.5. The molecule has 112 valence electrons. The molecule has 1 aromatic rings. The molecule has 0 spiro atoms. The summed E-state index contributed by atoms with van der Waals surface area (Å²) in [5, 5.41) is 8.32. The van der Waals surface area contributed by atoms with Gasteiger partial charge >= 0.3 is 5.51 Å². The van der Waals surface area contributed by atoms with E-state index < -0.39 is 20.1 Å². The summed E-state index contributed by atoms with van der Waals surface area (Å²) >= 11 is 0. The van der Waals surface area contributed by atoms with Crippen molar-refractivity contribution in [2.75, 3.05) is 0 Å². The van der Waals surface area contributed by atoms with Crippen LogP contribution in [0.4, 0.5) is 13.2 Å². The first-order chi connectivity index (χ1) is 9.92. The Hall–Kier alpha value is -1.99. The molecule has 1 aromatic carbocycles. The maximum atomic E-state index is 13.0. The van der Waals surface area contributed by atoms with Gasteiger partial charge in [-0.25, -0.2) is 4.21 Å². The van der Waals surface area contributed by atoms with Gasteiger partial charge in [-0.15, -0.1) is 4.36 Å². The van der Waals surface area contributed by atoms with Crippen molar-refractivity contribution >= 4 is 9.73 Å². The van der Waals surface area contributed by atoms with E-state index in [1.807, 2.05) is 12.1 Å². The Morgan fingerprint density at radius 1 is 1.14 bits per heavy atom. The lowest BCUT2D eigenvalue weighted by molar-refractivity contribution is -0.0402. The maximum absolute atomic E-state index is 13.0. The summed E-state index contributed by atoms with van der Waals surface area (Å²) in [4.78, 5) is -0.406. The average Bonchev–Trinajstić information content (AvgIpc) is 2.46. The van der Waals surface area contributed by atoms with Crippen molar-refractivity contribution in [1.29, 1.82) is 5.26 Å². The van der Waals surface area contributed by atoms with Gasteiger partial charge in [0.2, 0.25) is 0 Å². The van der Waals surface area contributed by atoms with Gasteiger partial charge in [0.25, 0.3) is 0 Å². The van der Waals surface area contributed by atoms with Crippen LogP contribution < -0.4 is 0 Å². The second-order valence-electron chi connectivity index (χ2n) is 4.03. The molecule has 0 fully saturated rings. The Morgan fingerprint density at radius 3 is 2.33 bits per heavy atom. The third kappa shape index (κ3) is 4.80. The Balaban J connectivity index is 2.96. The van der Waals surface area contributed by atoms with Gasteiger partial charge < -0.3 is 0 Å². The first-order valence-electron chi connectivity index (χ1n) is 6.14. The van der Waals surface area contributed by atoms with Crippen LogP contribution in [0, 0.1) is 23.3 Å². The lowest BCUT2D eigenvalue weighted by Crippen LogP contribution is -2.22. The van der Waals surface area contributed by atoms with Crippen molar-refractivity contribution in [3.63, 3.8) is 0 Å². The molecule has 0 aliphatic heterocycles. The van der Waals surface area contributed by atoms with E-state index in [0.717, 1.165) is 12.1 Å². The van der Waals surface area contributed by atoms with Gasteiger partial charge in [-0.1, -0.05) is 24.1 Å². The first kappa shape index (κ1) is 17.1. The number of alkyl halides is 3. The van der Waals surface area contributed by atoms with E-state index in [4.69, 9.17) is 5.26 Å². The smallest absolute Gasteiger partial charge is 0.235 e. The molecule has 0 saturated carbocycles. The van der Waals surface area contributed by atoms with Crippen molar-refractivity contribution in [3.8, 4) is 18.0 Å². The first-order valence-corrected chi connectivity index (χ1v) is 7.65. The summed E-state index contributed by atoms with van der Waals surface area (Å²) in [6.07, 6.45) is 1.91. The van der Waals surface area contributed by atoms with E-state index in [-0.39, 0.29) is 0 Å². The summed E-state index contributed by atoms with van der Waals surface area (Å²) in [6.45, 7) is 0. The van der Waals surface area contributed by atoms with E-state index in [2.05, 4.69) is 10.3 Å². The number of nitrogens with zero attached hydrogens (tertiary/aromatic N) is 2. The molecule has 0 aromatic heterocycles. The lowest BCUT2D eigenvalue weighted by atomic mass is 10.2. The minimum absolute atomic E-state index is 0.313. The van der Waals surface area contributed by atoms with Crippen molar-refractivity contribution in [1.82, 2.24) is 0 Å². The van der Waals surface area contributed by atoms with E-state index in [9.17, 15) is 17.4 Å². The highest BCUT2D eigenvalue weighted by atomic mass is 32.2. The van der Waals surface area contributed by atoms with Crippen LogP contribution in [0.1, 0.15) is 25.7 Å². The van der Waals surface area contributed by atoms with Crippen LogP contribution in [0.3, 0.4) is 0 Å². The minimum atomic E-state index is -4.98. The molecule has 1 unspecified atom stereocenters. The molecule has 1 rings (SSSR count). The predicted octanol–water partition coefficient (Wildman–Crippen LogP) is 4.08. The summed E-state index contributed by atoms with van der Waals surface area (Å²) in [7, 11) is -4.58. The SMILES string of the molecule is N#CCCCCC#CN=S(=O)(c1ccccc1)C(F)(F)F. The van der Waals surface area contributed by atoms with E-state index >= 15 is 0 Å². The van der Waals surface area contributed by atoms with E-state index in [1.165, 1.54) is 18.2 Å². The van der Waals surface area contributed by atoms with Gasteiger partial charge in [0.1, 0.15) is 0 Å². The molecule has 1 atom stereocenters. The van der Waals surface area contributed by atoms with Crippen molar-refractivity contribution in [2.24, 2.45) is 4.36 Å². The fraction of sp³-hybridized carbons (Fsp3) is 0.357. The zero-order chi connectivity index (χ0) is 15.8. The average molecular weight is 314 g/mol. The van der Waals surface area contributed by atoms with Crippen LogP contribution in [0.5, 0.6) is 0 Å². The number of hydrogen-bond acceptors (Lipinski definition) is 3. The zero-order valence-electron chi connectivity index (χ0n) is 11.1. The lowest BCUT2D eigenvalue weighted by Gasteiger charge is -2.11. The summed E-state index contributed by atoms with van der Waals surface area (Å²) in [5.41, 5.74) is -4.98. The van der Waals surface area contributed by atoms with Gasteiger partial charge in [-0.3, -0.25) is 0 Å². The highest BCUT2D eigenvalue weighted by Crippen LogP contribution is 2.32. The summed E-state index contributed by atoms with van der Waals surface area (Å²) < 4.78 is 54.2.